The predicted molar refractivity (Wildman–Crippen MR) is 86.4 cm³/mol. The number of piperidine rings is 1. The molecule has 0 saturated carbocycles. The lowest BCUT2D eigenvalue weighted by Crippen LogP contribution is -2.33. The number of hydrogen-bond acceptors (Lipinski definition) is 3. The molecule has 1 saturated heterocycles. The molecule has 1 fully saturated rings. The summed E-state index contributed by atoms with van der Waals surface area (Å²) in [7, 11) is 0. The summed E-state index contributed by atoms with van der Waals surface area (Å²) in [4.78, 5) is 17.8. The summed E-state index contributed by atoms with van der Waals surface area (Å²) in [5.41, 5.74) is 7.25. The van der Waals surface area contributed by atoms with Crippen LogP contribution in [0.2, 0.25) is 0 Å². The lowest BCUT2D eigenvalue weighted by Gasteiger charge is -2.32. The SMILES string of the molecule is NC(=O)c1ncccc1C1CCN(Cc2cc(F)cc(F)c2)CC1. The Bertz CT molecular complexity index is 723. The van der Waals surface area contributed by atoms with Gasteiger partial charge in [0, 0.05) is 18.8 Å². The van der Waals surface area contributed by atoms with Gasteiger partial charge in [-0.15, -0.1) is 0 Å². The Labute approximate surface area is 139 Å². The summed E-state index contributed by atoms with van der Waals surface area (Å²) in [5.74, 6) is -1.40. The summed E-state index contributed by atoms with van der Waals surface area (Å²) in [6.45, 7) is 2.09. The molecule has 1 amide bonds. The van der Waals surface area contributed by atoms with Crippen LogP contribution in [0, 0.1) is 11.6 Å². The Balaban J connectivity index is 1.65. The fourth-order valence-corrected chi connectivity index (χ4v) is 3.32. The highest BCUT2D eigenvalue weighted by Gasteiger charge is 2.24. The van der Waals surface area contributed by atoms with Crippen LogP contribution in [-0.2, 0) is 6.54 Å². The molecule has 1 aliphatic heterocycles. The van der Waals surface area contributed by atoms with Crippen LogP contribution >= 0.6 is 0 Å². The van der Waals surface area contributed by atoms with E-state index in [1.54, 1.807) is 6.20 Å². The minimum absolute atomic E-state index is 0.224. The second kappa shape index (κ2) is 7.05. The first-order valence-electron chi connectivity index (χ1n) is 7.95. The molecule has 1 aromatic heterocycles. The van der Waals surface area contributed by atoms with E-state index in [1.165, 1.54) is 12.1 Å². The standard InChI is InChI=1S/C18H19F2N3O/c19-14-8-12(9-15(20)10-14)11-23-6-3-13(4-7-23)16-2-1-5-22-17(16)18(21)24/h1-2,5,8-10,13H,3-4,6-7,11H2,(H2,21,24). The Morgan fingerprint density at radius 3 is 2.50 bits per heavy atom. The Morgan fingerprint density at radius 1 is 1.21 bits per heavy atom. The van der Waals surface area contributed by atoms with Crippen LogP contribution in [0.1, 0.15) is 40.4 Å². The van der Waals surface area contributed by atoms with Crippen molar-refractivity contribution in [2.24, 2.45) is 5.73 Å². The number of hydrogen-bond donors (Lipinski definition) is 1. The van der Waals surface area contributed by atoms with Gasteiger partial charge in [0.2, 0.25) is 0 Å². The molecule has 0 spiro atoms. The first-order valence-corrected chi connectivity index (χ1v) is 7.95. The summed E-state index contributed by atoms with van der Waals surface area (Å²) in [5, 5.41) is 0. The third kappa shape index (κ3) is 3.76. The van der Waals surface area contributed by atoms with E-state index >= 15 is 0 Å². The molecule has 0 unspecified atom stereocenters. The predicted octanol–water partition coefficient (Wildman–Crippen LogP) is 2.84. The van der Waals surface area contributed by atoms with Crippen molar-refractivity contribution in [3.8, 4) is 0 Å². The van der Waals surface area contributed by atoms with Crippen molar-refractivity contribution in [2.45, 2.75) is 25.3 Å². The number of benzene rings is 1. The highest BCUT2D eigenvalue weighted by molar-refractivity contribution is 5.92. The van der Waals surface area contributed by atoms with Crippen LogP contribution in [0.4, 0.5) is 8.78 Å². The van der Waals surface area contributed by atoms with E-state index in [9.17, 15) is 13.6 Å². The zero-order chi connectivity index (χ0) is 17.1. The molecular formula is C18H19F2N3O. The van der Waals surface area contributed by atoms with Gasteiger partial charge in [-0.25, -0.2) is 8.78 Å². The number of amides is 1. The lowest BCUT2D eigenvalue weighted by molar-refractivity contribution is 0.0993. The van der Waals surface area contributed by atoms with Crippen molar-refractivity contribution in [1.82, 2.24) is 9.88 Å². The molecule has 2 heterocycles. The number of carbonyl (C=O) groups is 1. The Morgan fingerprint density at radius 2 is 1.88 bits per heavy atom. The molecule has 2 aromatic rings. The monoisotopic (exact) mass is 331 g/mol. The van der Waals surface area contributed by atoms with E-state index in [0.29, 0.717) is 17.8 Å². The number of carbonyl (C=O) groups excluding carboxylic acids is 1. The van der Waals surface area contributed by atoms with Crippen molar-refractivity contribution >= 4 is 5.91 Å². The molecule has 1 aliphatic rings. The molecule has 0 radical (unpaired) electrons. The fraction of sp³-hybridized carbons (Fsp3) is 0.333. The van der Waals surface area contributed by atoms with Crippen molar-refractivity contribution < 1.29 is 13.6 Å². The highest BCUT2D eigenvalue weighted by atomic mass is 19.1. The smallest absolute Gasteiger partial charge is 0.267 e. The summed E-state index contributed by atoms with van der Waals surface area (Å²) < 4.78 is 26.6. The van der Waals surface area contributed by atoms with Crippen LogP contribution in [0.25, 0.3) is 0 Å². The van der Waals surface area contributed by atoms with Gasteiger partial charge in [-0.2, -0.15) is 0 Å². The van der Waals surface area contributed by atoms with Gasteiger partial charge in [0.05, 0.1) is 0 Å². The maximum absolute atomic E-state index is 13.3. The number of halogens is 2. The third-order valence-electron chi connectivity index (χ3n) is 4.43. The maximum atomic E-state index is 13.3. The number of rotatable bonds is 4. The zero-order valence-corrected chi connectivity index (χ0v) is 13.2. The van der Waals surface area contributed by atoms with Crippen LogP contribution in [0.3, 0.4) is 0 Å². The second-order valence-electron chi connectivity index (χ2n) is 6.13. The second-order valence-corrected chi connectivity index (χ2v) is 6.13. The van der Waals surface area contributed by atoms with Crippen molar-refractivity contribution in [1.29, 1.82) is 0 Å². The number of nitrogens with zero attached hydrogens (tertiary/aromatic N) is 2. The number of aromatic nitrogens is 1. The van der Waals surface area contributed by atoms with Gasteiger partial charge in [0.1, 0.15) is 17.3 Å². The van der Waals surface area contributed by atoms with Crippen molar-refractivity contribution in [3.63, 3.8) is 0 Å². The molecular weight excluding hydrogens is 312 g/mol. The highest BCUT2D eigenvalue weighted by Crippen LogP contribution is 2.30. The Kier molecular flexibility index (Phi) is 4.85. The van der Waals surface area contributed by atoms with E-state index in [1.807, 2.05) is 12.1 Å². The number of primary amides is 1. The minimum Gasteiger partial charge on any atom is -0.364 e. The summed E-state index contributed by atoms with van der Waals surface area (Å²) in [6.07, 6.45) is 3.27. The maximum Gasteiger partial charge on any atom is 0.267 e. The quantitative estimate of drug-likeness (QED) is 0.937. The average molecular weight is 331 g/mol. The summed E-state index contributed by atoms with van der Waals surface area (Å²) >= 11 is 0. The minimum atomic E-state index is -0.554. The van der Waals surface area contributed by atoms with Crippen molar-refractivity contribution in [3.05, 3.63) is 65.0 Å². The summed E-state index contributed by atoms with van der Waals surface area (Å²) in [6, 6.07) is 7.31. The topological polar surface area (TPSA) is 59.2 Å². The average Bonchev–Trinajstić information content (AvgIpc) is 2.54. The van der Waals surface area contributed by atoms with E-state index in [4.69, 9.17) is 5.73 Å². The van der Waals surface area contributed by atoms with Gasteiger partial charge in [-0.1, -0.05) is 6.07 Å². The van der Waals surface area contributed by atoms with Crippen molar-refractivity contribution in [2.75, 3.05) is 13.1 Å². The van der Waals surface area contributed by atoms with Gasteiger partial charge < -0.3 is 5.73 Å². The molecule has 4 nitrogen and oxygen atoms in total. The van der Waals surface area contributed by atoms with Gasteiger partial charge in [-0.3, -0.25) is 14.7 Å². The molecule has 126 valence electrons. The van der Waals surface area contributed by atoms with E-state index in [0.717, 1.165) is 37.6 Å². The first kappa shape index (κ1) is 16.5. The fourth-order valence-electron chi connectivity index (χ4n) is 3.32. The van der Waals surface area contributed by atoms with E-state index in [2.05, 4.69) is 9.88 Å². The van der Waals surface area contributed by atoms with Gasteiger partial charge in [0.15, 0.2) is 0 Å². The molecule has 6 heteroatoms. The van der Waals surface area contributed by atoms with Gasteiger partial charge >= 0.3 is 0 Å². The van der Waals surface area contributed by atoms with Gasteiger partial charge in [-0.05, 0) is 61.2 Å². The molecule has 0 bridgehead atoms. The van der Waals surface area contributed by atoms with Crippen LogP contribution < -0.4 is 5.73 Å². The number of likely N-dealkylation sites (tertiary alicyclic amines) is 1. The zero-order valence-electron chi connectivity index (χ0n) is 13.2. The molecule has 3 rings (SSSR count). The van der Waals surface area contributed by atoms with Crippen LogP contribution in [0.15, 0.2) is 36.5 Å². The molecule has 0 atom stereocenters. The van der Waals surface area contributed by atoms with E-state index in [-0.39, 0.29) is 5.92 Å². The molecule has 24 heavy (non-hydrogen) atoms. The number of pyridine rings is 1. The van der Waals surface area contributed by atoms with E-state index < -0.39 is 17.5 Å². The molecule has 1 aromatic carbocycles. The van der Waals surface area contributed by atoms with Crippen LogP contribution in [-0.4, -0.2) is 28.9 Å². The lowest BCUT2D eigenvalue weighted by atomic mass is 9.88. The van der Waals surface area contributed by atoms with Gasteiger partial charge in [0.25, 0.3) is 5.91 Å². The number of nitrogens with two attached hydrogens (primary N) is 1. The Hall–Kier alpha value is -2.34. The van der Waals surface area contributed by atoms with Crippen LogP contribution in [0.5, 0.6) is 0 Å². The largest absolute Gasteiger partial charge is 0.364 e. The normalized spacial score (nSPS) is 16.2. The molecule has 0 aliphatic carbocycles. The first-order chi connectivity index (χ1) is 11.5. The molecule has 2 N–H and O–H groups in total. The third-order valence-corrected chi connectivity index (χ3v) is 4.43.